The van der Waals surface area contributed by atoms with E-state index in [9.17, 15) is 0 Å². The Balaban J connectivity index is 1.32. The number of rotatable bonds is 2. The summed E-state index contributed by atoms with van der Waals surface area (Å²) in [6, 6.07) is 56.5. The molecule has 0 radical (unpaired) electrons. The van der Waals surface area contributed by atoms with Crippen LogP contribution in [0, 0.1) is 0 Å². The molecule has 0 bridgehead atoms. The molecule has 3 aromatic heterocycles. The molecule has 0 spiro atoms. The second kappa shape index (κ2) is 9.50. The normalized spacial score (nSPS) is 12.2. The summed E-state index contributed by atoms with van der Waals surface area (Å²) < 4.78 is 4.77. The third kappa shape index (κ3) is 3.38. The first-order chi connectivity index (χ1) is 23.8. The van der Waals surface area contributed by atoms with Crippen molar-refractivity contribution in [3.05, 3.63) is 158 Å². The fourth-order valence-corrected chi connectivity index (χ4v) is 8.03. The number of aromatic nitrogens is 4. The van der Waals surface area contributed by atoms with Crippen LogP contribution in [0.1, 0.15) is 0 Å². The van der Waals surface area contributed by atoms with E-state index < -0.39 is 0 Å². The van der Waals surface area contributed by atoms with Crippen molar-refractivity contribution in [2.24, 2.45) is 0 Å². The van der Waals surface area contributed by atoms with Crippen LogP contribution in [0.4, 0.5) is 0 Å². The van der Waals surface area contributed by atoms with Crippen LogP contribution in [0.5, 0.6) is 0 Å². The predicted octanol–water partition coefficient (Wildman–Crippen LogP) is 11.1. The molecule has 4 heteroatoms. The molecule has 1 aliphatic rings. The van der Waals surface area contributed by atoms with E-state index in [2.05, 4.69) is 155 Å². The van der Waals surface area contributed by atoms with Gasteiger partial charge in [0.15, 0.2) is 5.82 Å². The maximum absolute atomic E-state index is 5.31. The zero-order valence-electron chi connectivity index (χ0n) is 25.8. The van der Waals surface area contributed by atoms with E-state index in [1.165, 1.54) is 49.3 Å². The van der Waals surface area contributed by atoms with Gasteiger partial charge in [0.2, 0.25) is 0 Å². The lowest BCUT2D eigenvalue weighted by Gasteiger charge is -2.14. The fourth-order valence-electron chi connectivity index (χ4n) is 8.03. The van der Waals surface area contributed by atoms with E-state index in [1.54, 1.807) is 0 Å². The van der Waals surface area contributed by atoms with Gasteiger partial charge < -0.3 is 4.57 Å². The van der Waals surface area contributed by atoms with Crippen molar-refractivity contribution in [3.63, 3.8) is 0 Å². The summed E-state index contributed by atoms with van der Waals surface area (Å²) in [7, 11) is 0. The predicted molar refractivity (Wildman–Crippen MR) is 198 cm³/mol. The molecule has 4 heterocycles. The Hall–Kier alpha value is -6.52. The minimum atomic E-state index is 0.866. The van der Waals surface area contributed by atoms with Crippen molar-refractivity contribution in [3.8, 4) is 45.0 Å². The number of fused-ring (bicyclic) bond motifs is 12. The van der Waals surface area contributed by atoms with E-state index in [0.29, 0.717) is 0 Å². The van der Waals surface area contributed by atoms with Gasteiger partial charge in [-0.3, -0.25) is 4.57 Å². The van der Waals surface area contributed by atoms with Crippen LogP contribution < -0.4 is 0 Å². The third-order valence-corrected chi connectivity index (χ3v) is 10.0. The summed E-state index contributed by atoms with van der Waals surface area (Å²) in [5, 5.41) is 4.90. The SMILES string of the molecule is c1ccc(-n2c3ccccc3c3cccc(-c4cc5c6c(c4)c4ccccc4n6-c4nc6ccccc6nc4-c4ccccc4-5)c32)cc1. The lowest BCUT2D eigenvalue weighted by Crippen LogP contribution is -2.02. The van der Waals surface area contributed by atoms with Gasteiger partial charge >= 0.3 is 0 Å². The van der Waals surface area contributed by atoms with E-state index >= 15 is 0 Å². The number of benzene rings is 7. The van der Waals surface area contributed by atoms with Crippen molar-refractivity contribution >= 4 is 54.6 Å². The first-order valence-electron chi connectivity index (χ1n) is 16.4. The summed E-state index contributed by atoms with van der Waals surface area (Å²) in [6.45, 7) is 0. The molecule has 0 amide bonds. The van der Waals surface area contributed by atoms with Gasteiger partial charge in [-0.25, -0.2) is 9.97 Å². The highest BCUT2D eigenvalue weighted by molar-refractivity contribution is 6.19. The number of hydrogen-bond donors (Lipinski definition) is 0. The summed E-state index contributed by atoms with van der Waals surface area (Å²) >= 11 is 0. The Morgan fingerprint density at radius 1 is 0.375 bits per heavy atom. The van der Waals surface area contributed by atoms with Crippen molar-refractivity contribution in [1.82, 2.24) is 19.1 Å². The molecule has 0 fully saturated rings. The molecule has 7 aromatic carbocycles. The second-order valence-electron chi connectivity index (χ2n) is 12.6. The molecular formula is C44H26N4. The van der Waals surface area contributed by atoms with Gasteiger partial charge in [-0.15, -0.1) is 0 Å². The molecule has 48 heavy (non-hydrogen) atoms. The molecule has 0 aliphatic carbocycles. The summed E-state index contributed by atoms with van der Waals surface area (Å²) in [4.78, 5) is 10.6. The van der Waals surface area contributed by atoms with Crippen LogP contribution in [0.2, 0.25) is 0 Å². The average Bonchev–Trinajstić information content (AvgIpc) is 3.64. The van der Waals surface area contributed by atoms with Gasteiger partial charge in [0, 0.05) is 43.9 Å². The van der Waals surface area contributed by atoms with Crippen molar-refractivity contribution in [1.29, 1.82) is 0 Å². The van der Waals surface area contributed by atoms with Crippen LogP contribution in [0.15, 0.2) is 158 Å². The molecule has 10 aromatic rings. The largest absolute Gasteiger partial charge is 0.309 e. The van der Waals surface area contributed by atoms with E-state index in [-0.39, 0.29) is 0 Å². The molecule has 4 nitrogen and oxygen atoms in total. The van der Waals surface area contributed by atoms with E-state index in [1.807, 2.05) is 12.1 Å². The van der Waals surface area contributed by atoms with Crippen LogP contribution in [-0.4, -0.2) is 19.1 Å². The van der Waals surface area contributed by atoms with Gasteiger partial charge in [-0.1, -0.05) is 109 Å². The summed E-state index contributed by atoms with van der Waals surface area (Å²) in [5.74, 6) is 0.866. The van der Waals surface area contributed by atoms with Crippen molar-refractivity contribution in [2.45, 2.75) is 0 Å². The van der Waals surface area contributed by atoms with Crippen LogP contribution in [0.25, 0.3) is 99.7 Å². The minimum absolute atomic E-state index is 0.866. The zero-order chi connectivity index (χ0) is 31.3. The first kappa shape index (κ1) is 25.6. The Morgan fingerprint density at radius 2 is 0.958 bits per heavy atom. The Bertz CT molecular complexity index is 2950. The Kier molecular flexibility index (Phi) is 5.08. The topological polar surface area (TPSA) is 35.6 Å². The monoisotopic (exact) mass is 610 g/mol. The van der Waals surface area contributed by atoms with Gasteiger partial charge in [-0.2, -0.15) is 0 Å². The Morgan fingerprint density at radius 3 is 1.77 bits per heavy atom. The zero-order valence-corrected chi connectivity index (χ0v) is 25.8. The lowest BCUT2D eigenvalue weighted by atomic mass is 9.92. The smallest absolute Gasteiger partial charge is 0.165 e. The maximum atomic E-state index is 5.31. The molecule has 0 unspecified atom stereocenters. The van der Waals surface area contributed by atoms with Gasteiger partial charge in [0.1, 0.15) is 5.69 Å². The van der Waals surface area contributed by atoms with Crippen LogP contribution in [0.3, 0.4) is 0 Å². The minimum Gasteiger partial charge on any atom is -0.309 e. The van der Waals surface area contributed by atoms with E-state index in [0.717, 1.165) is 50.4 Å². The van der Waals surface area contributed by atoms with Crippen molar-refractivity contribution in [2.75, 3.05) is 0 Å². The van der Waals surface area contributed by atoms with Crippen LogP contribution in [-0.2, 0) is 0 Å². The maximum Gasteiger partial charge on any atom is 0.165 e. The fraction of sp³-hybridized carbons (Fsp3) is 0. The highest BCUT2D eigenvalue weighted by atomic mass is 15.1. The summed E-state index contributed by atoms with van der Waals surface area (Å²) in [5.41, 5.74) is 14.3. The molecule has 222 valence electrons. The lowest BCUT2D eigenvalue weighted by molar-refractivity contribution is 1.09. The van der Waals surface area contributed by atoms with Crippen LogP contribution >= 0.6 is 0 Å². The molecular weight excluding hydrogens is 585 g/mol. The van der Waals surface area contributed by atoms with E-state index in [4.69, 9.17) is 9.97 Å². The molecule has 0 N–H and O–H groups in total. The summed E-state index contributed by atoms with van der Waals surface area (Å²) in [6.07, 6.45) is 0. The Labute approximate surface area is 275 Å². The standard InChI is InChI=1S/C44H26N4/c1-2-13-28(14-3-1)47-39-23-10-6-16-31(39)34-20-12-19-29(42(34)47)27-25-35-30-15-4-5-18-33(30)41-44(46-38-22-9-8-21-37(38)45-41)48-40-24-11-7-17-32(40)36(26-27)43(35)48/h1-26H. The molecule has 0 saturated heterocycles. The average molecular weight is 611 g/mol. The van der Waals surface area contributed by atoms with Gasteiger partial charge in [0.25, 0.3) is 0 Å². The number of para-hydroxylation sites is 6. The molecule has 0 saturated carbocycles. The first-order valence-corrected chi connectivity index (χ1v) is 16.4. The molecule has 11 rings (SSSR count). The van der Waals surface area contributed by atoms with Gasteiger partial charge in [-0.05, 0) is 59.7 Å². The third-order valence-electron chi connectivity index (χ3n) is 10.0. The highest BCUT2D eigenvalue weighted by Crippen LogP contribution is 2.48. The number of nitrogens with zero attached hydrogens (tertiary/aromatic N) is 4. The van der Waals surface area contributed by atoms with Crippen molar-refractivity contribution < 1.29 is 0 Å². The molecule has 0 atom stereocenters. The number of hydrogen-bond acceptors (Lipinski definition) is 2. The van der Waals surface area contributed by atoms with Gasteiger partial charge in [0.05, 0.1) is 33.1 Å². The second-order valence-corrected chi connectivity index (χ2v) is 12.6. The highest BCUT2D eigenvalue weighted by Gasteiger charge is 2.28. The molecule has 1 aliphatic heterocycles. The quantitative estimate of drug-likeness (QED) is 0.195.